The van der Waals surface area contributed by atoms with Gasteiger partial charge >= 0.3 is 0 Å². The van der Waals surface area contributed by atoms with E-state index < -0.39 is 0 Å². The lowest BCUT2D eigenvalue weighted by Gasteiger charge is -2.14. The average molecular weight is 251 g/mol. The highest BCUT2D eigenvalue weighted by Crippen LogP contribution is 2.33. The predicted molar refractivity (Wildman–Crippen MR) is 71.4 cm³/mol. The summed E-state index contributed by atoms with van der Waals surface area (Å²) in [6.45, 7) is 4.20. The second-order valence-electron chi connectivity index (χ2n) is 5.25. The lowest BCUT2D eigenvalue weighted by Crippen LogP contribution is -2.19. The van der Waals surface area contributed by atoms with Gasteiger partial charge in [-0.15, -0.1) is 0 Å². The summed E-state index contributed by atoms with van der Waals surface area (Å²) in [7, 11) is 0. The Balaban J connectivity index is 2.07. The van der Waals surface area contributed by atoms with Gasteiger partial charge in [0.15, 0.2) is 0 Å². The number of hydrogen-bond donors (Lipinski definition) is 0. The predicted octanol–water partition coefficient (Wildman–Crippen LogP) is 4.20. The average Bonchev–Trinajstić information content (AvgIpc) is 2.68. The molecule has 0 amide bonds. The van der Waals surface area contributed by atoms with Gasteiger partial charge in [0.05, 0.1) is 0 Å². The maximum Gasteiger partial charge on any atom is 0.140 e. The highest BCUT2D eigenvalue weighted by molar-refractivity contribution is 6.31. The Hall–Kier alpha value is -0.820. The van der Waals surface area contributed by atoms with E-state index in [-0.39, 0.29) is 5.92 Å². The van der Waals surface area contributed by atoms with E-state index in [1.165, 1.54) is 12.8 Å². The van der Waals surface area contributed by atoms with Crippen molar-refractivity contribution in [3.8, 4) is 0 Å². The molecule has 2 rings (SSSR count). The van der Waals surface area contributed by atoms with Crippen molar-refractivity contribution in [2.75, 3.05) is 0 Å². The molecule has 0 aliphatic heterocycles. The highest BCUT2D eigenvalue weighted by Gasteiger charge is 2.29. The number of hydrogen-bond acceptors (Lipinski definition) is 1. The fourth-order valence-electron chi connectivity index (χ4n) is 2.74. The van der Waals surface area contributed by atoms with E-state index in [2.05, 4.69) is 6.92 Å². The Morgan fingerprint density at radius 2 is 2.18 bits per heavy atom. The monoisotopic (exact) mass is 250 g/mol. The molecule has 17 heavy (non-hydrogen) atoms. The first-order valence-corrected chi connectivity index (χ1v) is 6.73. The van der Waals surface area contributed by atoms with Crippen molar-refractivity contribution >= 4 is 17.4 Å². The molecular formula is C15H19ClO. The minimum Gasteiger partial charge on any atom is -0.299 e. The van der Waals surface area contributed by atoms with E-state index in [1.807, 2.05) is 25.1 Å². The Bertz CT molecular complexity index is 425. The first-order chi connectivity index (χ1) is 8.08. The largest absolute Gasteiger partial charge is 0.299 e. The van der Waals surface area contributed by atoms with Gasteiger partial charge in [-0.3, -0.25) is 4.79 Å². The summed E-state index contributed by atoms with van der Waals surface area (Å²) in [6.07, 6.45) is 3.94. The third kappa shape index (κ3) is 2.90. The zero-order valence-electron chi connectivity index (χ0n) is 10.5. The lowest BCUT2D eigenvalue weighted by atomic mass is 9.90. The maximum absolute atomic E-state index is 12.2. The van der Waals surface area contributed by atoms with E-state index >= 15 is 0 Å². The number of rotatable bonds is 3. The summed E-state index contributed by atoms with van der Waals surface area (Å²) in [6, 6.07) is 5.93. The molecule has 0 heterocycles. The van der Waals surface area contributed by atoms with E-state index in [9.17, 15) is 4.79 Å². The second-order valence-corrected chi connectivity index (χ2v) is 5.66. The number of carbonyl (C=O) groups excluding carboxylic acids is 1. The molecule has 1 aliphatic rings. The van der Waals surface area contributed by atoms with E-state index in [0.717, 1.165) is 22.6 Å². The minimum atomic E-state index is 0.257. The van der Waals surface area contributed by atoms with Gasteiger partial charge in [0.1, 0.15) is 5.78 Å². The quantitative estimate of drug-likeness (QED) is 0.786. The molecule has 2 heteroatoms. The third-order valence-corrected chi connectivity index (χ3v) is 4.20. The summed E-state index contributed by atoms with van der Waals surface area (Å²) in [5, 5.41) is 0.726. The first-order valence-electron chi connectivity index (χ1n) is 6.35. The van der Waals surface area contributed by atoms with Crippen LogP contribution in [0.4, 0.5) is 0 Å². The van der Waals surface area contributed by atoms with Crippen LogP contribution in [0.2, 0.25) is 5.02 Å². The smallest absolute Gasteiger partial charge is 0.140 e. The molecule has 1 aromatic carbocycles. The van der Waals surface area contributed by atoms with Crippen LogP contribution in [0.5, 0.6) is 0 Å². The number of Topliss-reactive ketones (excluding diaryl/α,β-unsaturated/α-hetero) is 1. The minimum absolute atomic E-state index is 0.257. The van der Waals surface area contributed by atoms with Crippen molar-refractivity contribution < 1.29 is 4.79 Å². The molecule has 0 spiro atoms. The summed E-state index contributed by atoms with van der Waals surface area (Å²) in [5.74, 6) is 1.17. The molecule has 0 saturated heterocycles. The molecular weight excluding hydrogens is 232 g/mol. The van der Waals surface area contributed by atoms with Crippen LogP contribution >= 0.6 is 11.6 Å². The van der Waals surface area contributed by atoms with Gasteiger partial charge < -0.3 is 0 Å². The van der Waals surface area contributed by atoms with E-state index in [0.29, 0.717) is 18.1 Å². The molecule has 1 saturated carbocycles. The lowest BCUT2D eigenvalue weighted by molar-refractivity contribution is -0.123. The van der Waals surface area contributed by atoms with Crippen LogP contribution in [-0.4, -0.2) is 5.78 Å². The number of aryl methyl sites for hydroxylation is 1. The molecule has 0 radical (unpaired) electrons. The molecule has 1 aromatic rings. The first kappa shape index (κ1) is 12.6. The van der Waals surface area contributed by atoms with Gasteiger partial charge in [-0.05, 0) is 42.9 Å². The van der Waals surface area contributed by atoms with Crippen LogP contribution in [0.15, 0.2) is 18.2 Å². The van der Waals surface area contributed by atoms with Crippen LogP contribution in [0.25, 0.3) is 0 Å². The van der Waals surface area contributed by atoms with Crippen LogP contribution in [-0.2, 0) is 11.2 Å². The molecule has 0 bridgehead atoms. The highest BCUT2D eigenvalue weighted by atomic mass is 35.5. The van der Waals surface area contributed by atoms with Crippen LogP contribution in [0.3, 0.4) is 0 Å². The zero-order chi connectivity index (χ0) is 12.4. The molecule has 1 aliphatic carbocycles. The third-order valence-electron chi connectivity index (χ3n) is 3.85. The summed E-state index contributed by atoms with van der Waals surface area (Å²) < 4.78 is 0. The summed E-state index contributed by atoms with van der Waals surface area (Å²) in [4.78, 5) is 12.2. The van der Waals surface area contributed by atoms with Gasteiger partial charge in [0, 0.05) is 17.4 Å². The van der Waals surface area contributed by atoms with E-state index in [1.54, 1.807) is 0 Å². The van der Waals surface area contributed by atoms with Gasteiger partial charge in [-0.1, -0.05) is 37.1 Å². The molecule has 92 valence electrons. The van der Waals surface area contributed by atoms with Crippen molar-refractivity contribution in [2.24, 2.45) is 11.8 Å². The number of halogens is 1. The van der Waals surface area contributed by atoms with Crippen LogP contribution < -0.4 is 0 Å². The van der Waals surface area contributed by atoms with Gasteiger partial charge in [0.2, 0.25) is 0 Å². The van der Waals surface area contributed by atoms with Crippen LogP contribution in [0.1, 0.15) is 37.3 Å². The van der Waals surface area contributed by atoms with Gasteiger partial charge in [-0.25, -0.2) is 0 Å². The van der Waals surface area contributed by atoms with Crippen molar-refractivity contribution in [3.05, 3.63) is 34.3 Å². The Morgan fingerprint density at radius 3 is 2.76 bits per heavy atom. The molecule has 1 nitrogen and oxygen atoms in total. The topological polar surface area (TPSA) is 17.1 Å². The molecule has 0 aromatic heterocycles. The van der Waals surface area contributed by atoms with Gasteiger partial charge in [-0.2, -0.15) is 0 Å². The molecule has 1 fully saturated rings. The molecule has 2 atom stereocenters. The zero-order valence-corrected chi connectivity index (χ0v) is 11.3. The van der Waals surface area contributed by atoms with Crippen molar-refractivity contribution in [1.29, 1.82) is 0 Å². The van der Waals surface area contributed by atoms with Gasteiger partial charge in [0.25, 0.3) is 0 Å². The number of carbonyl (C=O) groups is 1. The van der Waals surface area contributed by atoms with Crippen LogP contribution in [0, 0.1) is 18.8 Å². The maximum atomic E-state index is 12.2. The second kappa shape index (κ2) is 5.22. The number of ketones is 1. The Labute approximate surface area is 108 Å². The standard InChI is InChI=1S/C15H19ClO/c1-10-6-7-12(14(16)8-10)9-15(17)13-5-3-4-11(13)2/h6-8,11,13H,3-5,9H2,1-2H3. The van der Waals surface area contributed by atoms with Crippen molar-refractivity contribution in [1.82, 2.24) is 0 Å². The van der Waals surface area contributed by atoms with Crippen molar-refractivity contribution in [2.45, 2.75) is 39.5 Å². The van der Waals surface area contributed by atoms with E-state index in [4.69, 9.17) is 11.6 Å². The molecule has 2 unspecified atom stereocenters. The Morgan fingerprint density at radius 1 is 1.41 bits per heavy atom. The fraction of sp³-hybridized carbons (Fsp3) is 0.533. The Kier molecular flexibility index (Phi) is 3.88. The van der Waals surface area contributed by atoms with Crippen molar-refractivity contribution in [3.63, 3.8) is 0 Å². The SMILES string of the molecule is Cc1ccc(CC(=O)C2CCCC2C)c(Cl)c1. The fourth-order valence-corrected chi connectivity index (χ4v) is 3.04. The summed E-state index contributed by atoms with van der Waals surface area (Å²) >= 11 is 6.16. The summed E-state index contributed by atoms with van der Waals surface area (Å²) in [5.41, 5.74) is 2.11. The molecule has 0 N–H and O–H groups in total. The number of benzene rings is 1. The normalized spacial score (nSPS) is 23.9.